The number of para-hydroxylation sites is 2. The molecule has 1 N–H and O–H groups in total. The van der Waals surface area contributed by atoms with Gasteiger partial charge in [0.25, 0.3) is 5.56 Å². The monoisotopic (exact) mass is 382 g/mol. The summed E-state index contributed by atoms with van der Waals surface area (Å²) < 4.78 is 4.20. The number of nitrogens with zero attached hydrogens (tertiary/aromatic N) is 5. The first kappa shape index (κ1) is 18.0. The van der Waals surface area contributed by atoms with Crippen LogP contribution in [0.3, 0.4) is 0 Å². The van der Waals surface area contributed by atoms with Crippen molar-refractivity contribution in [3.05, 3.63) is 51.4 Å². The van der Waals surface area contributed by atoms with E-state index >= 15 is 0 Å². The van der Waals surface area contributed by atoms with Crippen LogP contribution in [0.1, 0.15) is 12.8 Å². The number of imidazole rings is 1. The topological polar surface area (TPSA) is 94.2 Å². The molecule has 0 spiro atoms. The van der Waals surface area contributed by atoms with Crippen LogP contribution in [0.5, 0.6) is 0 Å². The Morgan fingerprint density at radius 1 is 1.11 bits per heavy atom. The smallest absolute Gasteiger partial charge is 0.332 e. The van der Waals surface area contributed by atoms with E-state index in [9.17, 15) is 14.4 Å². The molecule has 28 heavy (non-hydrogen) atoms. The second-order valence-corrected chi connectivity index (χ2v) is 6.91. The second kappa shape index (κ2) is 6.99. The van der Waals surface area contributed by atoms with E-state index in [1.54, 1.807) is 22.8 Å². The maximum atomic E-state index is 12.5. The third-order valence-electron chi connectivity index (χ3n) is 5.15. The highest BCUT2D eigenvalue weighted by Gasteiger charge is 2.23. The Morgan fingerprint density at radius 2 is 1.89 bits per heavy atom. The lowest BCUT2D eigenvalue weighted by atomic mass is 10.2. The Hall–Kier alpha value is -3.36. The van der Waals surface area contributed by atoms with E-state index in [1.807, 2.05) is 24.3 Å². The van der Waals surface area contributed by atoms with Crippen molar-refractivity contribution in [3.8, 4) is 0 Å². The molecule has 0 radical (unpaired) electrons. The third kappa shape index (κ3) is 2.88. The number of rotatable bonds is 5. The molecule has 4 rings (SSSR count). The first-order chi connectivity index (χ1) is 13.5. The Bertz CT molecular complexity index is 1170. The van der Waals surface area contributed by atoms with Crippen molar-refractivity contribution < 1.29 is 4.79 Å². The van der Waals surface area contributed by atoms with Gasteiger partial charge in [0.1, 0.15) is 0 Å². The lowest BCUT2D eigenvalue weighted by Crippen LogP contribution is -2.37. The van der Waals surface area contributed by atoms with E-state index in [0.29, 0.717) is 30.7 Å². The first-order valence-corrected chi connectivity index (χ1v) is 9.23. The average molecular weight is 382 g/mol. The number of hydrogen-bond donors (Lipinski definition) is 1. The van der Waals surface area contributed by atoms with Gasteiger partial charge >= 0.3 is 5.69 Å². The molecular formula is C19H22N6O3. The molecule has 1 aliphatic heterocycles. The number of aryl methyl sites for hydroxylation is 1. The summed E-state index contributed by atoms with van der Waals surface area (Å²) in [6.07, 6.45) is 3.02. The minimum Gasteiger partial charge on any atom is -0.382 e. The van der Waals surface area contributed by atoms with E-state index in [4.69, 9.17) is 0 Å². The van der Waals surface area contributed by atoms with Gasteiger partial charge in [0.2, 0.25) is 5.91 Å². The summed E-state index contributed by atoms with van der Waals surface area (Å²) in [5, 5.41) is 3.35. The zero-order valence-corrected chi connectivity index (χ0v) is 15.9. The van der Waals surface area contributed by atoms with E-state index < -0.39 is 5.69 Å². The summed E-state index contributed by atoms with van der Waals surface area (Å²) >= 11 is 0. The molecule has 1 saturated heterocycles. The highest BCUT2D eigenvalue weighted by Crippen LogP contribution is 2.29. The molecule has 3 aromatic rings. The van der Waals surface area contributed by atoms with Crippen molar-refractivity contribution in [3.63, 3.8) is 0 Å². The molecule has 0 unspecified atom stereocenters. The predicted molar refractivity (Wildman–Crippen MR) is 107 cm³/mol. The Balaban J connectivity index is 1.57. The fraction of sp³-hybridized carbons (Fsp3) is 0.368. The number of carbonyl (C=O) groups is 1. The lowest BCUT2D eigenvalue weighted by molar-refractivity contribution is -0.117. The largest absolute Gasteiger partial charge is 0.382 e. The number of benzene rings is 1. The highest BCUT2D eigenvalue weighted by molar-refractivity contribution is 5.98. The number of fused-ring (bicyclic) bond motifs is 1. The number of hydrogen-bond acceptors (Lipinski definition) is 5. The van der Waals surface area contributed by atoms with Gasteiger partial charge in [0, 0.05) is 40.2 Å². The van der Waals surface area contributed by atoms with E-state index in [-0.39, 0.29) is 11.5 Å². The van der Waals surface area contributed by atoms with Gasteiger partial charge in [-0.2, -0.15) is 0 Å². The van der Waals surface area contributed by atoms with Gasteiger partial charge in [-0.1, -0.05) is 12.1 Å². The molecule has 9 heteroatoms. The van der Waals surface area contributed by atoms with Gasteiger partial charge in [-0.25, -0.2) is 9.78 Å². The number of amides is 1. The molecule has 9 nitrogen and oxygen atoms in total. The maximum Gasteiger partial charge on any atom is 0.332 e. The van der Waals surface area contributed by atoms with Crippen LogP contribution in [-0.4, -0.2) is 37.7 Å². The predicted octanol–water partition coefficient (Wildman–Crippen LogP) is 0.673. The van der Waals surface area contributed by atoms with Crippen LogP contribution in [0.25, 0.3) is 11.2 Å². The van der Waals surface area contributed by atoms with Gasteiger partial charge in [0.05, 0.1) is 17.7 Å². The quantitative estimate of drug-likeness (QED) is 0.700. The Labute approximate surface area is 160 Å². The zero-order chi connectivity index (χ0) is 19.8. The van der Waals surface area contributed by atoms with Gasteiger partial charge in [-0.3, -0.25) is 18.7 Å². The van der Waals surface area contributed by atoms with E-state index in [2.05, 4.69) is 10.3 Å². The third-order valence-corrected chi connectivity index (χ3v) is 5.15. The van der Waals surface area contributed by atoms with Gasteiger partial charge < -0.3 is 14.8 Å². The number of carbonyl (C=O) groups excluding carboxylic acids is 1. The van der Waals surface area contributed by atoms with Crippen molar-refractivity contribution >= 4 is 28.4 Å². The standard InChI is InChI=1S/C19H22N6O3/c1-22-17-16(18(27)23(2)19(22)28)24(12-21-17)11-9-20-13-6-3-4-7-14(13)25-10-5-8-15(25)26/h3-4,6-7,12,20H,5,8-11H2,1-2H3. The molecule has 0 aliphatic carbocycles. The second-order valence-electron chi connectivity index (χ2n) is 6.91. The van der Waals surface area contributed by atoms with Crippen LogP contribution >= 0.6 is 0 Å². The number of anilines is 2. The molecule has 1 aromatic carbocycles. The molecule has 1 fully saturated rings. The number of aromatic nitrogens is 4. The summed E-state index contributed by atoms with van der Waals surface area (Å²) in [5.41, 5.74) is 1.76. The molecule has 2 aromatic heterocycles. The highest BCUT2D eigenvalue weighted by atomic mass is 16.2. The van der Waals surface area contributed by atoms with E-state index in [0.717, 1.165) is 28.9 Å². The fourth-order valence-electron chi connectivity index (χ4n) is 3.64. The maximum absolute atomic E-state index is 12.5. The van der Waals surface area contributed by atoms with Crippen LogP contribution in [0, 0.1) is 0 Å². The van der Waals surface area contributed by atoms with Crippen LogP contribution in [0.15, 0.2) is 40.2 Å². The fourth-order valence-corrected chi connectivity index (χ4v) is 3.64. The van der Waals surface area contributed by atoms with Crippen molar-refractivity contribution in [2.45, 2.75) is 19.4 Å². The van der Waals surface area contributed by atoms with Crippen LogP contribution in [-0.2, 0) is 25.4 Å². The summed E-state index contributed by atoms with van der Waals surface area (Å²) in [4.78, 5) is 42.7. The van der Waals surface area contributed by atoms with Crippen molar-refractivity contribution in [1.29, 1.82) is 0 Å². The van der Waals surface area contributed by atoms with Crippen molar-refractivity contribution in [2.75, 3.05) is 23.3 Å². The Kier molecular flexibility index (Phi) is 4.50. The molecule has 0 atom stereocenters. The number of nitrogens with one attached hydrogen (secondary N) is 1. The zero-order valence-electron chi connectivity index (χ0n) is 15.9. The average Bonchev–Trinajstić information content (AvgIpc) is 3.31. The van der Waals surface area contributed by atoms with Crippen LogP contribution in [0.2, 0.25) is 0 Å². The van der Waals surface area contributed by atoms with E-state index in [1.165, 1.54) is 11.6 Å². The SMILES string of the molecule is Cn1c(=O)c2c(ncn2CCNc2ccccc2N2CCCC2=O)n(C)c1=O. The minimum absolute atomic E-state index is 0.138. The molecular weight excluding hydrogens is 360 g/mol. The summed E-state index contributed by atoms with van der Waals surface area (Å²) in [5.74, 6) is 0.138. The van der Waals surface area contributed by atoms with Crippen LogP contribution in [0.4, 0.5) is 11.4 Å². The first-order valence-electron chi connectivity index (χ1n) is 9.23. The van der Waals surface area contributed by atoms with Crippen molar-refractivity contribution in [2.24, 2.45) is 14.1 Å². The summed E-state index contributed by atoms with van der Waals surface area (Å²) in [7, 11) is 3.06. The molecule has 1 aliphatic rings. The molecule has 0 saturated carbocycles. The summed E-state index contributed by atoms with van der Waals surface area (Å²) in [6, 6.07) is 7.71. The van der Waals surface area contributed by atoms with Crippen LogP contribution < -0.4 is 21.5 Å². The Morgan fingerprint density at radius 3 is 2.64 bits per heavy atom. The lowest BCUT2D eigenvalue weighted by Gasteiger charge is -2.20. The van der Waals surface area contributed by atoms with Gasteiger partial charge in [-0.15, -0.1) is 0 Å². The molecule has 0 bridgehead atoms. The van der Waals surface area contributed by atoms with Crippen molar-refractivity contribution in [1.82, 2.24) is 18.7 Å². The molecule has 1 amide bonds. The molecule has 146 valence electrons. The minimum atomic E-state index is -0.398. The van der Waals surface area contributed by atoms with Gasteiger partial charge in [-0.05, 0) is 18.6 Å². The summed E-state index contributed by atoms with van der Waals surface area (Å²) in [6.45, 7) is 1.76. The van der Waals surface area contributed by atoms with Gasteiger partial charge in [0.15, 0.2) is 11.2 Å². The normalized spacial score (nSPS) is 14.2. The molecule has 3 heterocycles.